The van der Waals surface area contributed by atoms with E-state index in [1.54, 1.807) is 24.1 Å². The zero-order chi connectivity index (χ0) is 18.4. The molecule has 0 saturated carbocycles. The number of ether oxygens (including phenoxy) is 2. The number of para-hydroxylation sites is 2. The lowest BCUT2D eigenvalue weighted by Gasteiger charge is -2.26. The van der Waals surface area contributed by atoms with E-state index in [0.29, 0.717) is 23.8 Å². The van der Waals surface area contributed by atoms with Gasteiger partial charge in [-0.2, -0.15) is 0 Å². The van der Waals surface area contributed by atoms with E-state index < -0.39 is 0 Å². The smallest absolute Gasteiger partial charge is 0.322 e. The molecule has 0 aliphatic carbocycles. The molecule has 1 unspecified atom stereocenters. The summed E-state index contributed by atoms with van der Waals surface area (Å²) in [5.74, 6) is 0.760. The van der Waals surface area contributed by atoms with Crippen LogP contribution < -0.4 is 10.1 Å². The third-order valence-electron chi connectivity index (χ3n) is 4.40. The van der Waals surface area contributed by atoms with Gasteiger partial charge in [0.1, 0.15) is 5.75 Å². The van der Waals surface area contributed by atoms with Gasteiger partial charge >= 0.3 is 6.03 Å². The standard InChI is InChI=1S/C20H23ClN2O3/c1-25-19-11-5-2-7-15(19)13-23(14-16-8-6-12-26-16)20(24)22-18-10-4-3-9-17(18)21/h2-5,7,9-11,16H,6,8,12-14H2,1H3,(H,22,24). The fourth-order valence-corrected chi connectivity index (χ4v) is 3.23. The van der Waals surface area contributed by atoms with Crippen LogP contribution in [0.1, 0.15) is 18.4 Å². The summed E-state index contributed by atoms with van der Waals surface area (Å²) < 4.78 is 11.1. The van der Waals surface area contributed by atoms with Crippen molar-refractivity contribution in [3.05, 3.63) is 59.1 Å². The highest BCUT2D eigenvalue weighted by Crippen LogP contribution is 2.24. The molecule has 2 aromatic carbocycles. The van der Waals surface area contributed by atoms with Crippen LogP contribution in [0.5, 0.6) is 5.75 Å². The van der Waals surface area contributed by atoms with Crippen molar-refractivity contribution >= 4 is 23.3 Å². The zero-order valence-electron chi connectivity index (χ0n) is 14.8. The van der Waals surface area contributed by atoms with Crippen LogP contribution in [-0.4, -0.2) is 37.3 Å². The second-order valence-electron chi connectivity index (χ2n) is 6.24. The predicted octanol–water partition coefficient (Wildman–Crippen LogP) is 4.56. The van der Waals surface area contributed by atoms with Crippen molar-refractivity contribution in [2.45, 2.75) is 25.5 Å². The largest absolute Gasteiger partial charge is 0.496 e. The van der Waals surface area contributed by atoms with Gasteiger partial charge in [0, 0.05) is 18.7 Å². The maximum atomic E-state index is 12.9. The summed E-state index contributed by atoms with van der Waals surface area (Å²) in [7, 11) is 1.63. The molecular weight excluding hydrogens is 352 g/mol. The molecule has 3 rings (SSSR count). The third kappa shape index (κ3) is 4.68. The predicted molar refractivity (Wildman–Crippen MR) is 103 cm³/mol. The lowest BCUT2D eigenvalue weighted by Crippen LogP contribution is -2.39. The van der Waals surface area contributed by atoms with E-state index in [4.69, 9.17) is 21.1 Å². The lowest BCUT2D eigenvalue weighted by atomic mass is 10.1. The second kappa shape index (κ2) is 8.92. The van der Waals surface area contributed by atoms with Gasteiger partial charge in [-0.1, -0.05) is 41.9 Å². The number of urea groups is 1. The second-order valence-corrected chi connectivity index (χ2v) is 6.64. The van der Waals surface area contributed by atoms with Crippen molar-refractivity contribution in [1.82, 2.24) is 4.90 Å². The molecule has 0 bridgehead atoms. The molecule has 1 atom stereocenters. The van der Waals surface area contributed by atoms with Crippen molar-refractivity contribution in [2.24, 2.45) is 0 Å². The number of carbonyl (C=O) groups is 1. The molecule has 1 aliphatic heterocycles. The van der Waals surface area contributed by atoms with Crippen LogP contribution in [0.25, 0.3) is 0 Å². The number of hydrogen-bond donors (Lipinski definition) is 1. The molecule has 1 heterocycles. The molecule has 0 aromatic heterocycles. The fraction of sp³-hybridized carbons (Fsp3) is 0.350. The molecule has 1 fully saturated rings. The summed E-state index contributed by atoms with van der Waals surface area (Å²) in [6.07, 6.45) is 2.04. The minimum Gasteiger partial charge on any atom is -0.496 e. The Bertz CT molecular complexity index is 747. The van der Waals surface area contributed by atoms with Crippen LogP contribution in [0.4, 0.5) is 10.5 Å². The van der Waals surface area contributed by atoms with Crippen molar-refractivity contribution < 1.29 is 14.3 Å². The van der Waals surface area contributed by atoms with E-state index in [1.165, 1.54) is 0 Å². The van der Waals surface area contributed by atoms with Gasteiger partial charge in [0.15, 0.2) is 0 Å². The summed E-state index contributed by atoms with van der Waals surface area (Å²) in [6, 6.07) is 14.7. The molecule has 6 heteroatoms. The van der Waals surface area contributed by atoms with Gasteiger partial charge in [-0.3, -0.25) is 0 Å². The summed E-state index contributed by atoms with van der Waals surface area (Å²) in [6.45, 7) is 1.70. The number of halogens is 1. The number of benzene rings is 2. The molecule has 2 amide bonds. The van der Waals surface area contributed by atoms with Gasteiger partial charge in [-0.15, -0.1) is 0 Å². The van der Waals surface area contributed by atoms with Gasteiger partial charge < -0.3 is 19.7 Å². The highest BCUT2D eigenvalue weighted by molar-refractivity contribution is 6.33. The maximum absolute atomic E-state index is 12.9. The Morgan fingerprint density at radius 2 is 2.04 bits per heavy atom. The van der Waals surface area contributed by atoms with Crippen LogP contribution in [0.2, 0.25) is 5.02 Å². The number of rotatable bonds is 6. The van der Waals surface area contributed by atoms with Gasteiger partial charge in [-0.05, 0) is 31.0 Å². The highest BCUT2D eigenvalue weighted by atomic mass is 35.5. The monoisotopic (exact) mass is 374 g/mol. The Balaban J connectivity index is 1.77. The van der Waals surface area contributed by atoms with E-state index in [0.717, 1.165) is 30.8 Å². The van der Waals surface area contributed by atoms with Gasteiger partial charge in [0.25, 0.3) is 0 Å². The lowest BCUT2D eigenvalue weighted by molar-refractivity contribution is 0.0817. The van der Waals surface area contributed by atoms with Crippen molar-refractivity contribution in [1.29, 1.82) is 0 Å². The number of anilines is 1. The Kier molecular flexibility index (Phi) is 6.36. The Labute approximate surface area is 158 Å². The van der Waals surface area contributed by atoms with Gasteiger partial charge in [0.2, 0.25) is 0 Å². The Morgan fingerprint density at radius 1 is 1.27 bits per heavy atom. The van der Waals surface area contributed by atoms with Crippen LogP contribution in [0.3, 0.4) is 0 Å². The van der Waals surface area contributed by atoms with Crippen LogP contribution in [0, 0.1) is 0 Å². The molecule has 1 saturated heterocycles. The number of amides is 2. The quantitative estimate of drug-likeness (QED) is 0.806. The number of nitrogens with one attached hydrogen (secondary N) is 1. The number of methoxy groups -OCH3 is 1. The average molecular weight is 375 g/mol. The topological polar surface area (TPSA) is 50.8 Å². The summed E-state index contributed by atoms with van der Waals surface area (Å²) >= 11 is 6.17. The average Bonchev–Trinajstić information content (AvgIpc) is 3.16. The third-order valence-corrected chi connectivity index (χ3v) is 4.73. The Morgan fingerprint density at radius 3 is 2.77 bits per heavy atom. The Hall–Kier alpha value is -2.24. The van der Waals surface area contributed by atoms with Crippen LogP contribution in [0.15, 0.2) is 48.5 Å². The molecule has 1 N–H and O–H groups in total. The first-order chi connectivity index (χ1) is 12.7. The molecule has 138 valence electrons. The van der Waals surface area contributed by atoms with E-state index in [2.05, 4.69) is 5.32 Å². The van der Waals surface area contributed by atoms with E-state index in [1.807, 2.05) is 36.4 Å². The summed E-state index contributed by atoms with van der Waals surface area (Å²) in [5, 5.41) is 3.41. The molecule has 2 aromatic rings. The number of hydrogen-bond acceptors (Lipinski definition) is 3. The van der Waals surface area contributed by atoms with Crippen LogP contribution in [-0.2, 0) is 11.3 Å². The van der Waals surface area contributed by atoms with E-state index in [9.17, 15) is 4.79 Å². The highest BCUT2D eigenvalue weighted by Gasteiger charge is 2.24. The summed E-state index contributed by atoms with van der Waals surface area (Å²) in [4.78, 5) is 14.7. The van der Waals surface area contributed by atoms with Crippen molar-refractivity contribution in [3.8, 4) is 5.75 Å². The molecule has 0 spiro atoms. The molecular formula is C20H23ClN2O3. The number of carbonyl (C=O) groups excluding carboxylic acids is 1. The summed E-state index contributed by atoms with van der Waals surface area (Å²) in [5.41, 5.74) is 1.54. The molecule has 1 aliphatic rings. The maximum Gasteiger partial charge on any atom is 0.322 e. The normalized spacial score (nSPS) is 16.3. The minimum atomic E-state index is -0.209. The molecule has 5 nitrogen and oxygen atoms in total. The molecule has 26 heavy (non-hydrogen) atoms. The number of nitrogens with zero attached hydrogens (tertiary/aromatic N) is 1. The van der Waals surface area contributed by atoms with E-state index in [-0.39, 0.29) is 12.1 Å². The van der Waals surface area contributed by atoms with Gasteiger partial charge in [0.05, 0.1) is 30.5 Å². The van der Waals surface area contributed by atoms with Crippen molar-refractivity contribution in [3.63, 3.8) is 0 Å². The first-order valence-electron chi connectivity index (χ1n) is 8.71. The SMILES string of the molecule is COc1ccccc1CN(CC1CCCO1)C(=O)Nc1ccccc1Cl. The van der Waals surface area contributed by atoms with Gasteiger partial charge in [-0.25, -0.2) is 4.79 Å². The first kappa shape index (κ1) is 18.5. The molecule has 0 radical (unpaired) electrons. The minimum absolute atomic E-state index is 0.0571. The first-order valence-corrected chi connectivity index (χ1v) is 9.09. The zero-order valence-corrected chi connectivity index (χ0v) is 15.5. The van der Waals surface area contributed by atoms with E-state index >= 15 is 0 Å². The van der Waals surface area contributed by atoms with Crippen LogP contribution >= 0.6 is 11.6 Å². The fourth-order valence-electron chi connectivity index (χ4n) is 3.05. The van der Waals surface area contributed by atoms with Crippen molar-refractivity contribution in [2.75, 3.05) is 25.6 Å².